The number of carbonyl (C=O) groups excluding carboxylic acids is 1. The van der Waals surface area contributed by atoms with Gasteiger partial charge in [0.1, 0.15) is 0 Å². The number of methoxy groups -OCH3 is 1. The molecule has 2 aliphatic heterocycles. The van der Waals surface area contributed by atoms with E-state index in [1.54, 1.807) is 5.56 Å². The van der Waals surface area contributed by atoms with Gasteiger partial charge < -0.3 is 4.74 Å². The molecule has 4 heteroatoms. The molecule has 2 bridgehead atoms. The number of fused-ring (bicyclic) bond motifs is 2. The van der Waals surface area contributed by atoms with E-state index in [1.807, 2.05) is 6.07 Å². The van der Waals surface area contributed by atoms with Gasteiger partial charge in [0.2, 0.25) is 0 Å². The molecule has 136 valence electrons. The molecule has 0 amide bonds. The van der Waals surface area contributed by atoms with Crippen molar-refractivity contribution in [1.82, 2.24) is 4.90 Å². The number of halogens is 1. The molecule has 2 atom stereocenters. The third-order valence-electron chi connectivity index (χ3n) is 5.82. The first-order valence-corrected chi connectivity index (χ1v) is 10.1. The molecule has 0 aromatic heterocycles. The number of nitrogens with zero attached hydrogens (tertiary/aromatic N) is 1. The van der Waals surface area contributed by atoms with Crippen LogP contribution in [-0.4, -0.2) is 30.6 Å². The monoisotopic (exact) mass is 413 g/mol. The highest BCUT2D eigenvalue weighted by Gasteiger charge is 2.31. The summed E-state index contributed by atoms with van der Waals surface area (Å²) in [5.74, 6) is 0.441. The van der Waals surface area contributed by atoms with Crippen LogP contribution in [0.3, 0.4) is 0 Å². The number of ether oxygens (including phenoxy) is 1. The van der Waals surface area contributed by atoms with Crippen molar-refractivity contribution in [1.29, 1.82) is 0 Å². The van der Waals surface area contributed by atoms with Crippen molar-refractivity contribution < 1.29 is 9.53 Å². The lowest BCUT2D eigenvalue weighted by atomic mass is 9.80. The van der Waals surface area contributed by atoms with E-state index in [9.17, 15) is 4.79 Å². The third kappa shape index (κ3) is 3.58. The van der Waals surface area contributed by atoms with Gasteiger partial charge in [0.05, 0.1) is 12.7 Å². The van der Waals surface area contributed by atoms with E-state index in [0.717, 1.165) is 29.9 Å². The van der Waals surface area contributed by atoms with Crippen molar-refractivity contribution in [3.8, 4) is 0 Å². The molecule has 0 spiro atoms. The Morgan fingerprint density at radius 1 is 1.15 bits per heavy atom. The molecule has 3 aliphatic rings. The second-order valence-corrected chi connectivity index (χ2v) is 8.36. The van der Waals surface area contributed by atoms with Gasteiger partial charge in [0, 0.05) is 23.6 Å². The molecule has 0 radical (unpaired) electrons. The minimum absolute atomic E-state index is 0.301. The van der Waals surface area contributed by atoms with Gasteiger partial charge in [-0.15, -0.1) is 0 Å². The SMILES string of the molecule is COC(=O)c1ccc(CN2CC3CCC2Cc2ccccc2C3)cc1Br. The molecular formula is C22H24BrNO2. The van der Waals surface area contributed by atoms with Gasteiger partial charge >= 0.3 is 5.97 Å². The van der Waals surface area contributed by atoms with Crippen LogP contribution in [0.5, 0.6) is 0 Å². The molecule has 0 N–H and O–H groups in total. The molecule has 2 aromatic carbocycles. The highest BCUT2D eigenvalue weighted by atomic mass is 79.9. The number of carbonyl (C=O) groups is 1. The fourth-order valence-electron chi connectivity index (χ4n) is 4.46. The smallest absolute Gasteiger partial charge is 0.338 e. The highest BCUT2D eigenvalue weighted by Crippen LogP contribution is 2.33. The maximum atomic E-state index is 11.8. The number of hydrogen-bond acceptors (Lipinski definition) is 3. The lowest BCUT2D eigenvalue weighted by Gasteiger charge is -2.42. The summed E-state index contributed by atoms with van der Waals surface area (Å²) in [7, 11) is 1.41. The van der Waals surface area contributed by atoms with Gasteiger partial charge in [-0.25, -0.2) is 4.79 Å². The fourth-order valence-corrected chi connectivity index (χ4v) is 5.05. The number of hydrogen-bond donors (Lipinski definition) is 0. The molecule has 1 fully saturated rings. The Bertz CT molecular complexity index is 820. The van der Waals surface area contributed by atoms with Crippen LogP contribution in [-0.2, 0) is 24.1 Å². The maximum Gasteiger partial charge on any atom is 0.338 e. The van der Waals surface area contributed by atoms with E-state index in [-0.39, 0.29) is 5.97 Å². The minimum Gasteiger partial charge on any atom is -0.465 e. The van der Waals surface area contributed by atoms with Gasteiger partial charge in [0.15, 0.2) is 0 Å². The van der Waals surface area contributed by atoms with E-state index in [0.29, 0.717) is 11.6 Å². The Balaban J connectivity index is 1.54. The summed E-state index contributed by atoms with van der Waals surface area (Å²) >= 11 is 3.52. The predicted octanol–water partition coefficient (Wildman–Crippen LogP) is 4.62. The Morgan fingerprint density at radius 2 is 1.92 bits per heavy atom. The Kier molecular flexibility index (Phi) is 5.14. The molecule has 2 unspecified atom stereocenters. The summed E-state index contributed by atoms with van der Waals surface area (Å²) in [6.45, 7) is 2.10. The van der Waals surface area contributed by atoms with Crippen molar-refractivity contribution in [2.75, 3.05) is 13.7 Å². The molecule has 1 aliphatic carbocycles. The van der Waals surface area contributed by atoms with Crippen LogP contribution in [0.15, 0.2) is 46.9 Å². The summed E-state index contributed by atoms with van der Waals surface area (Å²) in [4.78, 5) is 14.4. The molecule has 3 nitrogen and oxygen atoms in total. The van der Waals surface area contributed by atoms with Gasteiger partial charge in [-0.1, -0.05) is 30.3 Å². The van der Waals surface area contributed by atoms with E-state index < -0.39 is 0 Å². The van der Waals surface area contributed by atoms with Crippen molar-refractivity contribution in [3.63, 3.8) is 0 Å². The Hall–Kier alpha value is -1.65. The summed E-state index contributed by atoms with van der Waals surface area (Å²) < 4.78 is 5.64. The number of rotatable bonds is 3. The predicted molar refractivity (Wildman–Crippen MR) is 106 cm³/mol. The van der Waals surface area contributed by atoms with Crippen LogP contribution < -0.4 is 0 Å². The number of esters is 1. The second-order valence-electron chi connectivity index (χ2n) is 7.51. The standard InChI is InChI=1S/C22H24BrNO2/c1-26-22(25)20-9-7-16(11-21(20)23)14-24-13-15-6-8-19(24)12-18-5-3-2-4-17(18)10-15/h2-5,7,9,11,15,19H,6,8,10,12-14H2,1H3. The van der Waals surface area contributed by atoms with Crippen molar-refractivity contribution in [2.45, 2.75) is 38.3 Å². The van der Waals surface area contributed by atoms with Crippen molar-refractivity contribution in [3.05, 3.63) is 69.2 Å². The summed E-state index contributed by atoms with van der Waals surface area (Å²) in [6, 6.07) is 15.5. The zero-order valence-electron chi connectivity index (χ0n) is 15.1. The molecule has 26 heavy (non-hydrogen) atoms. The fraction of sp³-hybridized carbons (Fsp3) is 0.409. The van der Waals surface area contributed by atoms with Gasteiger partial charge in [-0.2, -0.15) is 0 Å². The Morgan fingerprint density at radius 3 is 2.65 bits per heavy atom. The molecular weight excluding hydrogens is 390 g/mol. The molecule has 2 heterocycles. The van der Waals surface area contributed by atoms with Gasteiger partial charge in [-0.05, 0) is 76.4 Å². The second kappa shape index (κ2) is 7.53. The zero-order valence-corrected chi connectivity index (χ0v) is 16.7. The van der Waals surface area contributed by atoms with E-state index in [2.05, 4.69) is 57.2 Å². The van der Waals surface area contributed by atoms with E-state index in [1.165, 1.54) is 37.5 Å². The normalized spacial score (nSPS) is 22.4. The van der Waals surface area contributed by atoms with Crippen LogP contribution in [0.2, 0.25) is 0 Å². The van der Waals surface area contributed by atoms with Gasteiger partial charge in [-0.3, -0.25) is 4.90 Å². The first-order valence-electron chi connectivity index (χ1n) is 9.31. The van der Waals surface area contributed by atoms with Crippen LogP contribution in [0, 0.1) is 5.92 Å². The summed E-state index contributed by atoms with van der Waals surface area (Å²) in [6.07, 6.45) is 4.95. The lowest BCUT2D eigenvalue weighted by molar-refractivity contribution is 0.0599. The van der Waals surface area contributed by atoms with Crippen LogP contribution in [0.1, 0.15) is 39.9 Å². The minimum atomic E-state index is -0.301. The Labute approximate surface area is 163 Å². The lowest BCUT2D eigenvalue weighted by Crippen LogP contribution is -2.46. The van der Waals surface area contributed by atoms with Crippen molar-refractivity contribution in [2.24, 2.45) is 5.92 Å². The van der Waals surface area contributed by atoms with Gasteiger partial charge in [0.25, 0.3) is 0 Å². The zero-order chi connectivity index (χ0) is 18.1. The number of piperidine rings is 1. The molecule has 5 rings (SSSR count). The highest BCUT2D eigenvalue weighted by molar-refractivity contribution is 9.10. The first-order chi connectivity index (χ1) is 12.6. The topological polar surface area (TPSA) is 29.5 Å². The number of benzene rings is 2. The van der Waals surface area contributed by atoms with Crippen LogP contribution >= 0.6 is 15.9 Å². The van der Waals surface area contributed by atoms with Crippen molar-refractivity contribution >= 4 is 21.9 Å². The quantitative estimate of drug-likeness (QED) is 0.687. The average molecular weight is 414 g/mol. The first kappa shape index (κ1) is 17.7. The summed E-state index contributed by atoms with van der Waals surface area (Å²) in [5, 5.41) is 0. The molecule has 2 aromatic rings. The van der Waals surface area contributed by atoms with E-state index in [4.69, 9.17) is 4.74 Å². The molecule has 0 saturated carbocycles. The largest absolute Gasteiger partial charge is 0.465 e. The average Bonchev–Trinajstić information content (AvgIpc) is 2.62. The van der Waals surface area contributed by atoms with E-state index >= 15 is 0 Å². The molecule has 1 saturated heterocycles. The van der Waals surface area contributed by atoms with Crippen LogP contribution in [0.4, 0.5) is 0 Å². The van der Waals surface area contributed by atoms with Crippen LogP contribution in [0.25, 0.3) is 0 Å². The maximum absolute atomic E-state index is 11.8. The summed E-state index contributed by atoms with van der Waals surface area (Å²) in [5.41, 5.74) is 4.89. The third-order valence-corrected chi connectivity index (χ3v) is 6.48.